The van der Waals surface area contributed by atoms with Crippen molar-refractivity contribution in [1.29, 1.82) is 0 Å². The predicted molar refractivity (Wildman–Crippen MR) is 107 cm³/mol. The van der Waals surface area contributed by atoms with Crippen LogP contribution in [0.15, 0.2) is 24.3 Å². The van der Waals surface area contributed by atoms with Crippen molar-refractivity contribution >= 4 is 28.5 Å². The number of hydrogen-bond donors (Lipinski definition) is 1. The molecule has 0 saturated carbocycles. The van der Waals surface area contributed by atoms with Crippen LogP contribution in [0.5, 0.6) is 11.5 Å². The Labute approximate surface area is 159 Å². The summed E-state index contributed by atoms with van der Waals surface area (Å²) in [6.07, 6.45) is 4.21. The number of rotatable bonds is 8. The Morgan fingerprint density at radius 1 is 1.31 bits per heavy atom. The number of hydrogen-bond acceptors (Lipinski definition) is 5. The third-order valence-electron chi connectivity index (χ3n) is 3.83. The molecule has 26 heavy (non-hydrogen) atoms. The van der Waals surface area contributed by atoms with Crippen LogP contribution in [-0.2, 0) is 4.79 Å². The normalized spacial score (nSPS) is 11.2. The molecule has 1 aromatic carbocycles. The monoisotopic (exact) mass is 374 g/mol. The number of carbonyl (C=O) groups is 1. The van der Waals surface area contributed by atoms with Gasteiger partial charge in [0.1, 0.15) is 0 Å². The van der Waals surface area contributed by atoms with Crippen LogP contribution in [0.2, 0.25) is 0 Å². The lowest BCUT2D eigenvalue weighted by Gasteiger charge is -2.12. The molecule has 0 aliphatic carbocycles. The first kappa shape index (κ1) is 20.0. The molecule has 6 heteroatoms. The van der Waals surface area contributed by atoms with E-state index in [2.05, 4.69) is 24.1 Å². The quantitative estimate of drug-likeness (QED) is 0.671. The van der Waals surface area contributed by atoms with E-state index in [-0.39, 0.29) is 5.91 Å². The summed E-state index contributed by atoms with van der Waals surface area (Å²) in [6.45, 7) is 8.88. The smallest absolute Gasteiger partial charge is 0.250 e. The summed E-state index contributed by atoms with van der Waals surface area (Å²) in [7, 11) is 1.61. The molecule has 0 aliphatic heterocycles. The molecule has 1 aromatic heterocycles. The third kappa shape index (κ3) is 5.88. The van der Waals surface area contributed by atoms with E-state index in [0.29, 0.717) is 29.2 Å². The van der Waals surface area contributed by atoms with Gasteiger partial charge in [0, 0.05) is 11.0 Å². The molecule has 5 nitrogen and oxygen atoms in total. The van der Waals surface area contributed by atoms with Gasteiger partial charge in [-0.3, -0.25) is 10.1 Å². The highest BCUT2D eigenvalue weighted by molar-refractivity contribution is 7.15. The number of thiazole rings is 1. The minimum absolute atomic E-state index is 0.213. The van der Waals surface area contributed by atoms with Gasteiger partial charge in [0.15, 0.2) is 16.6 Å². The van der Waals surface area contributed by atoms with Gasteiger partial charge in [-0.15, -0.1) is 11.3 Å². The zero-order chi connectivity index (χ0) is 19.1. The summed E-state index contributed by atoms with van der Waals surface area (Å²) in [5.74, 6) is 1.74. The minimum atomic E-state index is -0.213. The summed E-state index contributed by atoms with van der Waals surface area (Å²) in [5.41, 5.74) is 1.80. The maximum absolute atomic E-state index is 12.0. The largest absolute Gasteiger partial charge is 0.493 e. The van der Waals surface area contributed by atoms with Crippen LogP contribution in [0.3, 0.4) is 0 Å². The van der Waals surface area contributed by atoms with Crippen molar-refractivity contribution in [2.75, 3.05) is 19.0 Å². The zero-order valence-electron chi connectivity index (χ0n) is 16.0. The highest BCUT2D eigenvalue weighted by Gasteiger charge is 2.07. The molecular formula is C20H26N2O3S. The van der Waals surface area contributed by atoms with E-state index < -0.39 is 0 Å². The van der Waals surface area contributed by atoms with E-state index in [1.165, 1.54) is 17.4 Å². The van der Waals surface area contributed by atoms with Crippen molar-refractivity contribution in [3.05, 3.63) is 40.4 Å². The molecule has 0 bridgehead atoms. The van der Waals surface area contributed by atoms with Crippen LogP contribution in [0.25, 0.3) is 6.08 Å². The van der Waals surface area contributed by atoms with Gasteiger partial charge in [-0.1, -0.05) is 19.9 Å². The number of benzene rings is 1. The maximum atomic E-state index is 12.0. The zero-order valence-corrected chi connectivity index (χ0v) is 16.8. The molecule has 140 valence electrons. The number of amides is 1. The first-order chi connectivity index (χ1) is 12.4. The summed E-state index contributed by atoms with van der Waals surface area (Å²) in [6, 6.07) is 5.62. The lowest BCUT2D eigenvalue weighted by molar-refractivity contribution is -0.111. The fourth-order valence-electron chi connectivity index (χ4n) is 2.16. The molecule has 2 rings (SSSR count). The number of aromatic nitrogens is 1. The number of nitrogens with zero attached hydrogens (tertiary/aromatic N) is 1. The van der Waals surface area contributed by atoms with Gasteiger partial charge in [0.25, 0.3) is 0 Å². The predicted octanol–water partition coefficient (Wildman–Crippen LogP) is 4.85. The van der Waals surface area contributed by atoms with E-state index in [0.717, 1.165) is 22.6 Å². The number of anilines is 1. The van der Waals surface area contributed by atoms with E-state index in [1.54, 1.807) is 13.2 Å². The Hall–Kier alpha value is -2.34. The maximum Gasteiger partial charge on any atom is 0.250 e. The van der Waals surface area contributed by atoms with Crippen LogP contribution >= 0.6 is 11.3 Å². The second-order valence-corrected chi connectivity index (χ2v) is 7.63. The van der Waals surface area contributed by atoms with Gasteiger partial charge in [0.05, 0.1) is 19.4 Å². The fraction of sp³-hybridized carbons (Fsp3) is 0.400. The van der Waals surface area contributed by atoms with Crippen molar-refractivity contribution in [3.63, 3.8) is 0 Å². The average Bonchev–Trinajstić information content (AvgIpc) is 2.90. The highest BCUT2D eigenvalue weighted by Crippen LogP contribution is 2.29. The van der Waals surface area contributed by atoms with Crippen molar-refractivity contribution < 1.29 is 14.3 Å². The van der Waals surface area contributed by atoms with Gasteiger partial charge in [-0.05, 0) is 50.0 Å². The molecule has 2 aromatic rings. The second kappa shape index (κ2) is 9.38. The van der Waals surface area contributed by atoms with E-state index >= 15 is 0 Å². The van der Waals surface area contributed by atoms with E-state index in [9.17, 15) is 4.79 Å². The number of ether oxygens (including phenoxy) is 2. The lowest BCUT2D eigenvalue weighted by Crippen LogP contribution is -2.07. The van der Waals surface area contributed by atoms with Gasteiger partial charge in [-0.25, -0.2) is 4.98 Å². The summed E-state index contributed by atoms with van der Waals surface area (Å²) >= 11 is 1.47. The molecule has 1 amide bonds. The summed E-state index contributed by atoms with van der Waals surface area (Å²) < 4.78 is 11.2. The summed E-state index contributed by atoms with van der Waals surface area (Å²) in [5, 5.41) is 3.39. The third-order valence-corrected chi connectivity index (χ3v) is 4.81. The number of nitrogens with one attached hydrogen (secondary N) is 1. The number of carbonyl (C=O) groups excluding carboxylic acids is 1. The highest BCUT2D eigenvalue weighted by atomic mass is 32.1. The minimum Gasteiger partial charge on any atom is -0.493 e. The van der Waals surface area contributed by atoms with E-state index in [1.807, 2.05) is 32.0 Å². The molecule has 0 fully saturated rings. The second-order valence-electron chi connectivity index (χ2n) is 6.42. The van der Waals surface area contributed by atoms with Crippen LogP contribution in [0.4, 0.5) is 5.13 Å². The van der Waals surface area contributed by atoms with Gasteiger partial charge >= 0.3 is 0 Å². The molecule has 0 atom stereocenters. The van der Waals surface area contributed by atoms with Gasteiger partial charge in [-0.2, -0.15) is 0 Å². The SMILES string of the molecule is COc1cc(C=CC(=O)Nc2nc(C)c(C)s2)ccc1OCCC(C)C. The fourth-order valence-corrected chi connectivity index (χ4v) is 2.97. The van der Waals surface area contributed by atoms with E-state index in [4.69, 9.17) is 9.47 Å². The molecule has 0 saturated heterocycles. The summed E-state index contributed by atoms with van der Waals surface area (Å²) in [4.78, 5) is 17.4. The van der Waals surface area contributed by atoms with Crippen molar-refractivity contribution in [3.8, 4) is 11.5 Å². The first-order valence-electron chi connectivity index (χ1n) is 8.63. The van der Waals surface area contributed by atoms with Crippen LogP contribution in [0.1, 0.15) is 36.4 Å². The number of methoxy groups -OCH3 is 1. The average molecular weight is 375 g/mol. The van der Waals surface area contributed by atoms with Crippen molar-refractivity contribution in [2.24, 2.45) is 5.92 Å². The van der Waals surface area contributed by atoms with Crippen molar-refractivity contribution in [1.82, 2.24) is 4.98 Å². The molecular weight excluding hydrogens is 348 g/mol. The molecule has 1 N–H and O–H groups in total. The topological polar surface area (TPSA) is 60.5 Å². The molecule has 1 heterocycles. The Balaban J connectivity index is 1.99. The number of aryl methyl sites for hydroxylation is 2. The van der Waals surface area contributed by atoms with Crippen LogP contribution in [0, 0.1) is 19.8 Å². The van der Waals surface area contributed by atoms with Gasteiger partial charge in [0.2, 0.25) is 5.91 Å². The van der Waals surface area contributed by atoms with Crippen LogP contribution < -0.4 is 14.8 Å². The molecule has 0 unspecified atom stereocenters. The molecule has 0 radical (unpaired) electrons. The Kier molecular flexibility index (Phi) is 7.21. The molecule has 0 aliphatic rings. The van der Waals surface area contributed by atoms with Gasteiger partial charge < -0.3 is 9.47 Å². The lowest BCUT2D eigenvalue weighted by atomic mass is 10.1. The Morgan fingerprint density at radius 3 is 2.69 bits per heavy atom. The van der Waals surface area contributed by atoms with Crippen molar-refractivity contribution in [2.45, 2.75) is 34.1 Å². The molecule has 0 spiro atoms. The standard InChI is InChI=1S/C20H26N2O3S/c1-13(2)10-11-25-17-8-6-16(12-18(17)24-5)7-9-19(23)22-20-21-14(3)15(4)26-20/h6-9,12-13H,10-11H2,1-5H3,(H,21,22,23). The Morgan fingerprint density at radius 2 is 2.08 bits per heavy atom. The Bertz CT molecular complexity index is 762. The first-order valence-corrected chi connectivity index (χ1v) is 9.44. The van der Waals surface area contributed by atoms with Crippen LogP contribution in [-0.4, -0.2) is 24.6 Å².